The van der Waals surface area contributed by atoms with Gasteiger partial charge in [0, 0.05) is 119 Å². The van der Waals surface area contributed by atoms with Crippen LogP contribution in [0.3, 0.4) is 0 Å². The number of benzene rings is 4. The number of hydrogen-bond acceptors (Lipinski definition) is 17. The van der Waals surface area contributed by atoms with Crippen LogP contribution in [0.1, 0.15) is 153 Å². The molecule has 103 heavy (non-hydrogen) atoms. The molecule has 5 amide bonds. The minimum Gasteiger partial charge on any atom is -0.391 e. The van der Waals surface area contributed by atoms with Crippen molar-refractivity contribution >= 4 is 83.9 Å². The molecule has 0 bridgehead atoms. The molecule has 5 aromatic rings. The molecular weight excluding hydrogens is 1400 g/mol. The number of aliphatic hydroxyl groups excluding tert-OH is 1. The van der Waals surface area contributed by atoms with Crippen LogP contribution >= 0.6 is 23.1 Å². The predicted octanol–water partition coefficient (Wildman–Crippen LogP) is 11.9. The fourth-order valence-electron chi connectivity index (χ4n) is 13.8. The van der Waals surface area contributed by atoms with E-state index >= 15 is 0 Å². The molecule has 5 atom stereocenters. The lowest BCUT2D eigenvalue weighted by atomic mass is 9.73. The summed E-state index contributed by atoms with van der Waals surface area (Å²) in [6.45, 7) is 26.3. The number of rotatable bonds is 30. The molecule has 3 fully saturated rings. The number of unbranched alkanes of at least 4 members (excludes halogenated alkanes) is 2. The third kappa shape index (κ3) is 21.8. The van der Waals surface area contributed by atoms with Crippen LogP contribution < -0.4 is 25.6 Å². The number of nitrogens with one attached hydrogen (secondary N) is 4. The number of carbonyl (C=O) groups is 5. The highest BCUT2D eigenvalue weighted by Crippen LogP contribution is 2.42. The number of nitrogens with zero attached hydrogens (tertiary/aromatic N) is 6. The molecule has 4 heterocycles. The number of aromatic nitrogens is 1. The fourth-order valence-corrected chi connectivity index (χ4v) is 17.6. The SMILES string of the molecule is C=C(C)CCC1=C(CN2CCN(c3ccc(C(=O)NS(=O)(=O)c4ccc(N[C@H](CCN5CCN(C(=O)CCCCCC(=O)NC(C(=O)N6C[C@H](O)C[C@H]6C(=O)N[C@@H](C)c6ccc(-c7scnc7C)cc6)C(C)(C)C)CC5)CSc5ccccc5)c(S(=O)(=O)C(F)(F)F)c4)cc3)CC2)CC(C)(C)CC1. The third-order valence-corrected chi connectivity index (χ3v) is 24.9. The summed E-state index contributed by atoms with van der Waals surface area (Å²) in [6.07, 6.45) is 6.65. The number of β-amino-alcohol motifs (C(OH)–C–C–N with tert-alkyl or cyclic N) is 1. The van der Waals surface area contributed by atoms with Crippen molar-refractivity contribution < 1.29 is 59.1 Å². The second-order valence-corrected chi connectivity index (χ2v) is 35.3. The molecule has 1 unspecified atom stereocenters. The molecule has 3 saturated heterocycles. The van der Waals surface area contributed by atoms with Gasteiger partial charge in [-0.15, -0.1) is 29.7 Å². The van der Waals surface area contributed by atoms with Crippen molar-refractivity contribution in [3.8, 4) is 10.4 Å². The van der Waals surface area contributed by atoms with Gasteiger partial charge in [0.05, 0.1) is 38.8 Å². The van der Waals surface area contributed by atoms with Gasteiger partial charge >= 0.3 is 5.51 Å². The summed E-state index contributed by atoms with van der Waals surface area (Å²) in [5.41, 5.74) is 2.89. The second-order valence-electron chi connectivity index (χ2n) is 29.8. The van der Waals surface area contributed by atoms with Gasteiger partial charge in [0.2, 0.25) is 23.6 Å². The Bertz CT molecular complexity index is 4060. The molecule has 9 rings (SSSR count). The maximum absolute atomic E-state index is 14.6. The monoisotopic (exact) mass is 1500 g/mol. The van der Waals surface area contributed by atoms with Crippen molar-refractivity contribution in [2.24, 2.45) is 10.8 Å². The zero-order chi connectivity index (χ0) is 74.6. The topological polar surface area (TPSA) is 251 Å². The lowest BCUT2D eigenvalue weighted by molar-refractivity contribution is -0.144. The molecule has 4 aromatic carbocycles. The Morgan fingerprint density at radius 1 is 0.816 bits per heavy atom. The summed E-state index contributed by atoms with van der Waals surface area (Å²) in [5.74, 6) is -2.08. The van der Waals surface area contributed by atoms with Gasteiger partial charge < -0.3 is 35.8 Å². The summed E-state index contributed by atoms with van der Waals surface area (Å²) >= 11 is 2.94. The van der Waals surface area contributed by atoms with Gasteiger partial charge in [-0.05, 0) is 149 Å². The van der Waals surface area contributed by atoms with Crippen LogP contribution in [0.5, 0.6) is 0 Å². The molecule has 5 N–H and O–H groups in total. The number of aliphatic hydroxyl groups is 1. The first-order valence-electron chi connectivity index (χ1n) is 35.6. The van der Waals surface area contributed by atoms with Gasteiger partial charge in [-0.1, -0.05) is 100 Å². The summed E-state index contributed by atoms with van der Waals surface area (Å²) in [7, 11) is -11.1. The number of sulfone groups is 1. The molecule has 560 valence electrons. The van der Waals surface area contributed by atoms with E-state index in [-0.39, 0.29) is 54.4 Å². The second kappa shape index (κ2) is 34.8. The van der Waals surface area contributed by atoms with E-state index in [2.05, 4.69) is 63.0 Å². The van der Waals surface area contributed by atoms with Crippen molar-refractivity contribution in [3.05, 3.63) is 143 Å². The lowest BCUT2D eigenvalue weighted by Gasteiger charge is -2.39. The molecule has 1 aliphatic carbocycles. The largest absolute Gasteiger partial charge is 0.501 e. The molecule has 27 heteroatoms. The quantitative estimate of drug-likeness (QED) is 0.0163. The molecule has 0 spiro atoms. The number of carbonyl (C=O) groups excluding carboxylic acids is 5. The van der Waals surface area contributed by atoms with Crippen LogP contribution in [-0.2, 0) is 39.0 Å². The average Bonchev–Trinajstić information content (AvgIpc) is 1.52. The number of anilines is 2. The van der Waals surface area contributed by atoms with E-state index in [1.807, 2.05) is 93.9 Å². The van der Waals surface area contributed by atoms with E-state index in [9.17, 15) is 59.1 Å². The minimum atomic E-state index is -6.18. The molecule has 0 saturated carbocycles. The highest BCUT2D eigenvalue weighted by atomic mass is 32.2. The molecule has 20 nitrogen and oxygen atoms in total. The van der Waals surface area contributed by atoms with E-state index in [0.29, 0.717) is 64.5 Å². The number of halogens is 3. The van der Waals surface area contributed by atoms with Crippen molar-refractivity contribution in [2.45, 2.75) is 183 Å². The Morgan fingerprint density at radius 3 is 2.13 bits per heavy atom. The number of likely N-dealkylation sites (tertiary alicyclic amines) is 1. The predicted molar refractivity (Wildman–Crippen MR) is 400 cm³/mol. The molecule has 4 aliphatic rings. The minimum absolute atomic E-state index is 0.0305. The first-order valence-corrected chi connectivity index (χ1v) is 40.4. The van der Waals surface area contributed by atoms with Gasteiger partial charge in [-0.25, -0.2) is 26.5 Å². The maximum Gasteiger partial charge on any atom is 0.501 e. The van der Waals surface area contributed by atoms with Gasteiger partial charge in [0.1, 0.15) is 17.0 Å². The van der Waals surface area contributed by atoms with Gasteiger partial charge in [0.25, 0.3) is 25.8 Å². The number of hydrogen-bond donors (Lipinski definition) is 5. The highest BCUT2D eigenvalue weighted by molar-refractivity contribution is 7.99. The number of thiazole rings is 1. The zero-order valence-electron chi connectivity index (χ0n) is 60.5. The first kappa shape index (κ1) is 80.0. The van der Waals surface area contributed by atoms with Crippen LogP contribution in [0.25, 0.3) is 10.4 Å². The Labute approximate surface area is 614 Å². The maximum atomic E-state index is 14.6. The number of amides is 5. The van der Waals surface area contributed by atoms with Gasteiger partial charge in [-0.3, -0.25) is 33.8 Å². The van der Waals surface area contributed by atoms with Crippen molar-refractivity contribution in [1.82, 2.24) is 39.9 Å². The van der Waals surface area contributed by atoms with Crippen molar-refractivity contribution in [3.63, 3.8) is 0 Å². The van der Waals surface area contributed by atoms with Crippen molar-refractivity contribution in [2.75, 3.05) is 88.0 Å². The van der Waals surface area contributed by atoms with Crippen LogP contribution in [0.2, 0.25) is 0 Å². The Balaban J connectivity index is 0.743. The molecular formula is C76H101F3N10O10S4. The number of alkyl halides is 3. The van der Waals surface area contributed by atoms with Crippen LogP contribution in [0.4, 0.5) is 24.5 Å². The van der Waals surface area contributed by atoms with Gasteiger partial charge in [0.15, 0.2) is 0 Å². The summed E-state index contributed by atoms with van der Waals surface area (Å²) < 4.78 is 100. The number of allylic oxidation sites excluding steroid dienone is 2. The van der Waals surface area contributed by atoms with Crippen molar-refractivity contribution in [1.29, 1.82) is 0 Å². The smallest absolute Gasteiger partial charge is 0.391 e. The molecule has 0 radical (unpaired) electrons. The zero-order valence-corrected chi connectivity index (χ0v) is 63.7. The van der Waals surface area contributed by atoms with Gasteiger partial charge in [-0.2, -0.15) is 13.2 Å². The normalized spacial score (nSPS) is 18.8. The molecule has 1 aromatic heterocycles. The van der Waals surface area contributed by atoms with Crippen LogP contribution in [0.15, 0.2) is 141 Å². The fraction of sp³-hybridized carbons (Fsp3) is 0.526. The lowest BCUT2D eigenvalue weighted by Crippen LogP contribution is -2.57. The molecule has 3 aliphatic heterocycles. The number of piperazine rings is 2. The van der Waals surface area contributed by atoms with E-state index < -0.39 is 94.3 Å². The standard InChI is InChI=1S/C76H101F3N10O10S4/c1-51(2)20-21-55-32-34-75(8,9)46-58(55)47-86-38-40-87(41-39-86)60-28-26-57(27-29-60)71(93)84-103(98,99)63-30-31-64(66(45-63)102(96,97)76(77,78)79)82-59(49-100-62-16-12-10-13-17-62)33-35-85-36-42-88(43-37-85)68(92)19-15-11-14-18-67(91)83-70(74(5,6)7)73(95)89-48-61(90)44-65(89)72(94)81-52(3)54-22-24-56(25-23-54)69-53(4)80-50-101-69/h10,12-13,16-17,22-31,45,50,52,59,61,65,70,82,90H,1,11,14-15,18-21,32-44,46-49H2,2-9H3,(H,81,94)(H,83,91)(H,84,93)/t52-,59+,61+,65-,70?/m0/s1. The summed E-state index contributed by atoms with van der Waals surface area (Å²) in [5, 5.41) is 19.7. The first-order chi connectivity index (χ1) is 48.6. The van der Waals surface area contributed by atoms with Crippen LogP contribution in [-0.4, -0.2) is 184 Å². The third-order valence-electron chi connectivity index (χ3n) is 19.9. The Hall–Kier alpha value is -7.14. The van der Waals surface area contributed by atoms with Crippen LogP contribution in [0, 0.1) is 17.8 Å². The number of aryl methyl sites for hydroxylation is 1. The number of sulfonamides is 1. The van der Waals surface area contributed by atoms with E-state index in [4.69, 9.17) is 0 Å². The Morgan fingerprint density at radius 2 is 1.49 bits per heavy atom. The Kier molecular flexibility index (Phi) is 27.1. The van der Waals surface area contributed by atoms with E-state index in [0.717, 1.165) is 103 Å². The summed E-state index contributed by atoms with van der Waals surface area (Å²) in [6, 6.07) is 22.8. The van der Waals surface area contributed by atoms with E-state index in [1.165, 1.54) is 46.4 Å². The highest BCUT2D eigenvalue weighted by Gasteiger charge is 2.49. The summed E-state index contributed by atoms with van der Waals surface area (Å²) in [4.78, 5) is 82.6. The number of thioether (sulfide) groups is 1. The van der Waals surface area contributed by atoms with E-state index in [1.54, 1.807) is 39.5 Å². The average molecular weight is 1500 g/mol.